The van der Waals surface area contributed by atoms with Gasteiger partial charge in [-0.3, -0.25) is 0 Å². The number of nitrogens with one attached hydrogen (secondary N) is 3. The van der Waals surface area contributed by atoms with Gasteiger partial charge in [-0.15, -0.1) is 0 Å². The summed E-state index contributed by atoms with van der Waals surface area (Å²) in [4.78, 5) is 21.2. The van der Waals surface area contributed by atoms with Crippen molar-refractivity contribution in [3.05, 3.63) is 35.5 Å². The highest BCUT2D eigenvalue weighted by atomic mass is 19.1. The molecule has 0 unspecified atom stereocenters. The maximum Gasteiger partial charge on any atom is 0.404 e. The highest BCUT2D eigenvalue weighted by Crippen LogP contribution is 2.27. The van der Waals surface area contributed by atoms with Crippen molar-refractivity contribution in [2.45, 2.75) is 32.9 Å². The Morgan fingerprint density at radius 3 is 2.50 bits per heavy atom. The third kappa shape index (κ3) is 5.99. The number of carboxylic acid groups (broad SMARTS) is 1. The number of pyridine rings is 2. The lowest BCUT2D eigenvalue weighted by molar-refractivity contribution is 0.122. The Labute approximate surface area is 196 Å². The first-order chi connectivity index (χ1) is 16.2. The van der Waals surface area contributed by atoms with E-state index in [9.17, 15) is 18.8 Å². The van der Waals surface area contributed by atoms with Crippen LogP contribution in [0.4, 0.5) is 36.7 Å². The summed E-state index contributed by atoms with van der Waals surface area (Å²) >= 11 is 0. The fourth-order valence-electron chi connectivity index (χ4n) is 3.73. The second-order valence-electron chi connectivity index (χ2n) is 8.23. The van der Waals surface area contributed by atoms with E-state index in [1.165, 1.54) is 12.3 Å². The lowest BCUT2D eigenvalue weighted by Gasteiger charge is -2.29. The number of anilines is 4. The first-order valence-corrected chi connectivity index (χ1v) is 10.8. The highest BCUT2D eigenvalue weighted by Gasteiger charge is 2.25. The van der Waals surface area contributed by atoms with E-state index in [2.05, 4.69) is 25.9 Å². The summed E-state index contributed by atoms with van der Waals surface area (Å²) < 4.78 is 34.7. The third-order valence-corrected chi connectivity index (χ3v) is 5.40. The fraction of sp³-hybridized carbons (Fsp3) is 0.455. The molecule has 1 fully saturated rings. The molecule has 12 heteroatoms. The monoisotopic (exact) mass is 475 g/mol. The molecule has 0 radical (unpaired) electrons. The molecule has 1 saturated heterocycles. The zero-order valence-corrected chi connectivity index (χ0v) is 19.1. The topological polar surface area (TPSA) is 135 Å². The Balaban J connectivity index is 1.86. The first-order valence-electron chi connectivity index (χ1n) is 10.8. The van der Waals surface area contributed by atoms with Crippen LogP contribution in [0, 0.1) is 28.9 Å². The van der Waals surface area contributed by atoms with Gasteiger partial charge >= 0.3 is 6.09 Å². The van der Waals surface area contributed by atoms with Gasteiger partial charge in [-0.2, -0.15) is 5.26 Å². The van der Waals surface area contributed by atoms with Crippen LogP contribution in [0.2, 0.25) is 0 Å². The van der Waals surface area contributed by atoms with Crippen molar-refractivity contribution in [2.75, 3.05) is 41.8 Å². The van der Waals surface area contributed by atoms with Crippen LogP contribution in [0.25, 0.3) is 0 Å². The molecule has 1 amide bonds. The summed E-state index contributed by atoms with van der Waals surface area (Å²) in [6.45, 7) is 7.37. The minimum Gasteiger partial charge on any atom is -0.465 e. The van der Waals surface area contributed by atoms with Crippen molar-refractivity contribution < 1.29 is 23.4 Å². The van der Waals surface area contributed by atoms with Gasteiger partial charge in [0.2, 0.25) is 0 Å². The molecule has 3 rings (SSSR count). The summed E-state index contributed by atoms with van der Waals surface area (Å²) in [7, 11) is 0. The van der Waals surface area contributed by atoms with Crippen molar-refractivity contribution in [1.82, 2.24) is 15.3 Å². The number of rotatable bonds is 8. The molecule has 0 spiro atoms. The second kappa shape index (κ2) is 10.9. The van der Waals surface area contributed by atoms with Crippen molar-refractivity contribution in [3.63, 3.8) is 0 Å². The number of morpholine rings is 1. The van der Waals surface area contributed by atoms with Gasteiger partial charge in [-0.05, 0) is 18.9 Å². The van der Waals surface area contributed by atoms with Crippen LogP contribution < -0.4 is 20.9 Å². The summed E-state index contributed by atoms with van der Waals surface area (Å²) in [6.07, 6.45) is 0.203. The molecule has 10 nitrogen and oxygen atoms in total. The van der Waals surface area contributed by atoms with Gasteiger partial charge in [0, 0.05) is 31.2 Å². The summed E-state index contributed by atoms with van der Waals surface area (Å²) in [6, 6.07) is 3.05. The number of ether oxygens (including phenoxy) is 1. The molecule has 4 N–H and O–H groups in total. The van der Waals surface area contributed by atoms with E-state index in [0.717, 1.165) is 6.07 Å². The maximum atomic E-state index is 14.7. The Morgan fingerprint density at radius 1 is 1.21 bits per heavy atom. The predicted molar refractivity (Wildman–Crippen MR) is 122 cm³/mol. The zero-order valence-electron chi connectivity index (χ0n) is 19.1. The van der Waals surface area contributed by atoms with Crippen molar-refractivity contribution in [1.29, 1.82) is 5.26 Å². The first kappa shape index (κ1) is 24.9. The fourth-order valence-corrected chi connectivity index (χ4v) is 3.73. The number of hydrogen-bond acceptors (Lipinski definition) is 8. The molecular weight excluding hydrogens is 448 g/mol. The lowest BCUT2D eigenvalue weighted by atomic mass is 9.97. The van der Waals surface area contributed by atoms with Gasteiger partial charge in [0.1, 0.15) is 6.07 Å². The Bertz CT molecular complexity index is 1070. The molecule has 2 aromatic rings. The van der Waals surface area contributed by atoms with Crippen LogP contribution in [-0.4, -0.2) is 59.6 Å². The standard InChI is InChI=1S/C22H27F2N7O3/c1-12(2)18(13(3)27-22(32)33)29-20-16(23)8-14(10-25)19(30-20)28-15-9-17(24)21(26-11-15)31-4-6-34-7-5-31/h8-9,11-13,18,27H,4-7H2,1-3H3,(H,32,33)(H2,28,29,30)/t13-,18-/m0/s1. The van der Waals surface area contributed by atoms with Crippen molar-refractivity contribution in [2.24, 2.45) is 5.92 Å². The minimum atomic E-state index is -1.20. The van der Waals surface area contributed by atoms with Gasteiger partial charge in [0.15, 0.2) is 29.1 Å². The number of amides is 1. The Hall–Kier alpha value is -3.72. The van der Waals surface area contributed by atoms with Gasteiger partial charge in [0.05, 0.1) is 30.7 Å². The van der Waals surface area contributed by atoms with Crippen LogP contribution in [0.15, 0.2) is 18.3 Å². The van der Waals surface area contributed by atoms with Crippen LogP contribution >= 0.6 is 0 Å². The molecule has 34 heavy (non-hydrogen) atoms. The Morgan fingerprint density at radius 2 is 1.91 bits per heavy atom. The number of aromatic nitrogens is 2. The molecule has 182 valence electrons. The minimum absolute atomic E-state index is 0.00748. The number of nitrogens with zero attached hydrogens (tertiary/aromatic N) is 4. The summed E-state index contributed by atoms with van der Waals surface area (Å²) in [5.41, 5.74) is 0.149. The molecule has 0 saturated carbocycles. The van der Waals surface area contributed by atoms with Crippen LogP contribution in [0.1, 0.15) is 26.3 Å². The number of nitriles is 1. The van der Waals surface area contributed by atoms with Gasteiger partial charge in [-0.25, -0.2) is 23.5 Å². The third-order valence-electron chi connectivity index (χ3n) is 5.40. The molecular formula is C22H27F2N7O3. The maximum absolute atomic E-state index is 14.7. The van der Waals surface area contributed by atoms with Crippen LogP contribution in [0.5, 0.6) is 0 Å². The molecule has 1 aliphatic heterocycles. The molecule has 0 aromatic carbocycles. The molecule has 0 bridgehead atoms. The summed E-state index contributed by atoms with van der Waals surface area (Å²) in [5, 5.41) is 26.6. The number of carbonyl (C=O) groups is 1. The normalized spacial score (nSPS) is 15.4. The molecule has 1 aliphatic rings. The van der Waals surface area contributed by atoms with E-state index in [1.54, 1.807) is 11.8 Å². The zero-order chi connectivity index (χ0) is 24.8. The molecule has 2 atom stereocenters. The van der Waals surface area contributed by atoms with Crippen LogP contribution in [0.3, 0.4) is 0 Å². The number of hydrogen-bond donors (Lipinski definition) is 4. The SMILES string of the molecule is CC(C)[C@H](Nc1nc(Nc2cnc(N3CCOCC3)c(F)c2)c(C#N)cc1F)[C@H](C)NC(=O)O. The van der Waals surface area contributed by atoms with E-state index in [0.29, 0.717) is 26.3 Å². The molecule has 0 aliphatic carbocycles. The average molecular weight is 476 g/mol. The van der Waals surface area contributed by atoms with Crippen molar-refractivity contribution in [3.8, 4) is 6.07 Å². The van der Waals surface area contributed by atoms with Crippen molar-refractivity contribution >= 4 is 29.2 Å². The smallest absolute Gasteiger partial charge is 0.404 e. The van der Waals surface area contributed by atoms with E-state index < -0.39 is 29.8 Å². The quantitative estimate of drug-likeness (QED) is 0.453. The average Bonchev–Trinajstić information content (AvgIpc) is 2.78. The largest absolute Gasteiger partial charge is 0.465 e. The van der Waals surface area contributed by atoms with E-state index in [-0.39, 0.29) is 34.6 Å². The highest BCUT2D eigenvalue weighted by molar-refractivity contribution is 5.66. The van der Waals surface area contributed by atoms with Gasteiger partial charge in [-0.1, -0.05) is 13.8 Å². The van der Waals surface area contributed by atoms with Crippen LogP contribution in [-0.2, 0) is 4.74 Å². The van der Waals surface area contributed by atoms with E-state index >= 15 is 0 Å². The number of halogens is 2. The molecule has 3 heterocycles. The van der Waals surface area contributed by atoms with Gasteiger partial charge < -0.3 is 30.7 Å². The van der Waals surface area contributed by atoms with E-state index in [4.69, 9.17) is 9.84 Å². The Kier molecular flexibility index (Phi) is 8.01. The second-order valence-corrected chi connectivity index (χ2v) is 8.23. The molecule has 2 aromatic heterocycles. The van der Waals surface area contributed by atoms with Gasteiger partial charge in [0.25, 0.3) is 0 Å². The summed E-state index contributed by atoms with van der Waals surface area (Å²) in [5.74, 6) is -1.38. The predicted octanol–water partition coefficient (Wildman–Crippen LogP) is 3.30. The van der Waals surface area contributed by atoms with E-state index in [1.807, 2.05) is 19.9 Å². The lowest BCUT2D eigenvalue weighted by Crippen LogP contribution is -2.47.